The molecule has 10 heteroatoms. The van der Waals surface area contributed by atoms with E-state index in [1.54, 1.807) is 13.8 Å². The molecule has 0 aliphatic heterocycles. The molecule has 10 fully saturated rings. The number of rotatable bonds is 8. The minimum absolute atomic E-state index is 0. The van der Waals surface area contributed by atoms with Crippen molar-refractivity contribution >= 4 is 33.8 Å². The Balaban J connectivity index is 0.000000217. The Bertz CT molecular complexity index is 2230. The van der Waals surface area contributed by atoms with Gasteiger partial charge < -0.3 is 24.8 Å². The van der Waals surface area contributed by atoms with Crippen molar-refractivity contribution in [1.82, 2.24) is 0 Å². The van der Waals surface area contributed by atoms with Crippen molar-refractivity contribution in [3.8, 4) is 0 Å². The summed E-state index contributed by atoms with van der Waals surface area (Å²) in [6, 6.07) is 0. The van der Waals surface area contributed by atoms with Gasteiger partial charge in [0.25, 0.3) is 0 Å². The zero-order valence-corrected chi connectivity index (χ0v) is 55.5. The van der Waals surface area contributed by atoms with Crippen molar-refractivity contribution in [1.29, 1.82) is 0 Å². The van der Waals surface area contributed by atoms with Crippen LogP contribution < -0.4 is 51.4 Å². The second kappa shape index (κ2) is 21.8. The van der Waals surface area contributed by atoms with Crippen LogP contribution in [0.3, 0.4) is 0 Å². The number of allylic oxidation sites excluding steroid dienone is 2. The average molecular weight is 1150 g/mol. The zero-order valence-electron chi connectivity index (χ0n) is 50.8. The van der Waals surface area contributed by atoms with Gasteiger partial charge in [-0.15, -0.1) is 0 Å². The van der Waals surface area contributed by atoms with Gasteiger partial charge in [-0.25, -0.2) is 0 Å². The summed E-state index contributed by atoms with van der Waals surface area (Å²) in [5.41, 5.74) is 4.69. The van der Waals surface area contributed by atoms with Crippen LogP contribution in [0, 0.1) is 113 Å². The van der Waals surface area contributed by atoms with Crippen LogP contribution in [0.4, 0.5) is 0 Å². The number of aliphatic hydroxyl groups is 1. The number of alkyl halides is 1. The topological polar surface area (TPSA) is 129 Å². The Morgan fingerprint density at radius 3 is 1.28 bits per heavy atom. The smallest absolute Gasteiger partial charge is 0.870 e. The molecule has 10 rings (SSSR count). The molecule has 0 aromatic carbocycles. The van der Waals surface area contributed by atoms with Crippen LogP contribution in [0.25, 0.3) is 0 Å². The fourth-order valence-corrected chi connectivity index (χ4v) is 24.3. The van der Waals surface area contributed by atoms with E-state index in [4.69, 9.17) is 14.2 Å². The van der Waals surface area contributed by atoms with E-state index in [0.29, 0.717) is 82.7 Å². The van der Waals surface area contributed by atoms with E-state index < -0.39 is 0 Å². The quantitative estimate of drug-likeness (QED) is 0.0836. The van der Waals surface area contributed by atoms with E-state index in [-0.39, 0.29) is 130 Å². The fourth-order valence-electron chi connectivity index (χ4n) is 24.1. The third-order valence-electron chi connectivity index (χ3n) is 27.9. The molecule has 426 valence electrons. The molecule has 0 saturated heterocycles. The molecule has 0 amide bonds. The van der Waals surface area contributed by atoms with Crippen molar-refractivity contribution < 1.29 is 90.6 Å². The Kier molecular flexibility index (Phi) is 18.2. The summed E-state index contributed by atoms with van der Waals surface area (Å²) in [6.45, 7) is 42.9. The van der Waals surface area contributed by atoms with Crippen LogP contribution >= 0.6 is 15.9 Å². The molecule has 10 saturated carbocycles. The van der Waals surface area contributed by atoms with Crippen LogP contribution in [-0.2, 0) is 28.6 Å². The van der Waals surface area contributed by atoms with Gasteiger partial charge in [0.15, 0.2) is 0 Å². The maximum Gasteiger partial charge on any atom is 1.00 e. The third-order valence-corrected chi connectivity index (χ3v) is 28.4. The molecular formula is C66H106BrKO8. The molecular weight excluding hydrogens is 1040 g/mol. The Hall–Kier alpha value is -0.0736. The maximum atomic E-state index is 12.2. The fraction of sp³-hybridized carbons (Fsp3) is 0.894. The van der Waals surface area contributed by atoms with E-state index in [1.165, 1.54) is 107 Å². The molecule has 0 bridgehead atoms. The second-order valence-electron chi connectivity index (χ2n) is 31.0. The number of ether oxygens (including phenoxy) is 3. The van der Waals surface area contributed by atoms with E-state index in [0.717, 1.165) is 38.0 Å². The van der Waals surface area contributed by atoms with Gasteiger partial charge in [0, 0.05) is 36.7 Å². The third kappa shape index (κ3) is 9.36. The average Bonchev–Trinajstić information content (AvgIpc) is 3.91. The molecule has 0 unspecified atom stereocenters. The standard InChI is InChI=1S/C34H53BrO4.C32H52O3.K.H2O/c1-21(2)23-11-16-34(20-38-28(37)19-35)18-17-32(7)24(29(23)34)9-10-26-31(6)14-13-27(39-22(3)36)30(4,5)25(31)12-15-33(26,32)8;1-20(2)22-11-16-32(19-33)18-17-30(7)23(27(22)32)9-10-25-29(6)14-13-26(35-21(3)34)28(4,5)24(29)12-15-31(25,30)8;;/h23-27,29H,1,9-20H2,2-8H3;22-27,33H,1,9-19H2,2-8H3;;1H2/q;;+1;/p-1/t23-,24+,25-,26+,27-,29+,31-,32+,33+,34+;22-,23+,24-,25+,26-,27+,29-,30+,31+,32+;;/m00../s1. The predicted molar refractivity (Wildman–Crippen MR) is 303 cm³/mol. The summed E-state index contributed by atoms with van der Waals surface area (Å²) >= 11 is 3.30. The molecule has 0 spiro atoms. The largest absolute Gasteiger partial charge is 1.00 e. The summed E-state index contributed by atoms with van der Waals surface area (Å²) in [5.74, 6) is 5.78. The van der Waals surface area contributed by atoms with Gasteiger partial charge in [-0.1, -0.05) is 109 Å². The van der Waals surface area contributed by atoms with Crippen molar-refractivity contribution in [3.63, 3.8) is 0 Å². The molecule has 8 nitrogen and oxygen atoms in total. The van der Waals surface area contributed by atoms with Crippen molar-refractivity contribution in [2.45, 2.75) is 238 Å². The van der Waals surface area contributed by atoms with Crippen molar-refractivity contribution in [2.75, 3.05) is 18.5 Å². The number of esters is 3. The van der Waals surface area contributed by atoms with E-state index in [1.807, 2.05) is 0 Å². The van der Waals surface area contributed by atoms with Gasteiger partial charge >= 0.3 is 69.3 Å². The van der Waals surface area contributed by atoms with Gasteiger partial charge in [-0.2, -0.15) is 0 Å². The first-order chi connectivity index (χ1) is 34.4. The summed E-state index contributed by atoms with van der Waals surface area (Å²) < 4.78 is 17.7. The monoisotopic (exact) mass is 1140 g/mol. The molecule has 10 aliphatic carbocycles. The van der Waals surface area contributed by atoms with Crippen LogP contribution in [0.5, 0.6) is 0 Å². The van der Waals surface area contributed by atoms with Gasteiger partial charge in [-0.05, 0) is 239 Å². The molecule has 10 aliphatic rings. The zero-order chi connectivity index (χ0) is 54.2. The number of halogens is 1. The number of fused-ring (bicyclic) bond motifs is 14. The first-order valence-corrected chi connectivity index (χ1v) is 31.5. The van der Waals surface area contributed by atoms with Crippen LogP contribution in [0.1, 0.15) is 225 Å². The Labute approximate surface area is 513 Å². The second-order valence-corrected chi connectivity index (χ2v) is 31.5. The first-order valence-electron chi connectivity index (χ1n) is 30.4. The number of aliphatic hydroxyl groups excluding tert-OH is 1. The molecule has 0 aromatic rings. The molecule has 0 aromatic heterocycles. The van der Waals surface area contributed by atoms with Crippen LogP contribution in [0.15, 0.2) is 24.3 Å². The van der Waals surface area contributed by atoms with Gasteiger partial charge in [0.05, 0.1) is 6.61 Å². The number of hydrogen-bond donors (Lipinski definition) is 1. The van der Waals surface area contributed by atoms with Crippen molar-refractivity contribution in [3.05, 3.63) is 24.3 Å². The minimum atomic E-state index is -0.138. The SMILES string of the molecule is C=C(C)[C@@H]1CC[C@]2(CO)CC[C@]3(C)[C@H](CC[C@@H]4[C@@]5(C)CC[C@H](OC(C)=O)C(C)(C)[C@@H]5CC[C@]43C)[C@@H]12.C=C(C)[C@@H]1CC[C@]2(COC(=O)CBr)CC[C@]3(C)[C@H](CC[C@@H]4[C@@]5(C)CC[C@H](OC(C)=O)C(C)(C)[C@@H]5CC[C@]43C)[C@@H]12.[K+].[OH-]. The van der Waals surface area contributed by atoms with Gasteiger partial charge in [-0.3, -0.25) is 14.4 Å². The molecule has 2 N–H and O–H groups in total. The minimum Gasteiger partial charge on any atom is -0.870 e. The first kappa shape index (κ1) is 63.5. The van der Waals surface area contributed by atoms with Gasteiger partial charge in [0.1, 0.15) is 17.5 Å². The summed E-state index contributed by atoms with van der Waals surface area (Å²) in [4.78, 5) is 36.1. The normalized spacial score (nSPS) is 48.8. The molecule has 20 atom stereocenters. The molecule has 76 heavy (non-hydrogen) atoms. The van der Waals surface area contributed by atoms with E-state index in [2.05, 4.69) is 112 Å². The van der Waals surface area contributed by atoms with E-state index >= 15 is 0 Å². The molecule has 0 radical (unpaired) electrons. The van der Waals surface area contributed by atoms with Crippen LogP contribution in [-0.4, -0.2) is 59.2 Å². The molecule has 0 heterocycles. The van der Waals surface area contributed by atoms with E-state index in [9.17, 15) is 19.5 Å². The number of carbonyl (C=O) groups excluding carboxylic acids is 3. The van der Waals surface area contributed by atoms with Crippen molar-refractivity contribution in [2.24, 2.45) is 113 Å². The summed E-state index contributed by atoms with van der Waals surface area (Å²) in [7, 11) is 0. The summed E-state index contributed by atoms with van der Waals surface area (Å²) in [5, 5.41) is 11.0. The van der Waals surface area contributed by atoms with Crippen LogP contribution in [0.2, 0.25) is 0 Å². The predicted octanol–water partition coefficient (Wildman–Crippen LogP) is 12.9. The maximum absolute atomic E-state index is 12.2. The number of carbonyl (C=O) groups is 3. The number of hydrogen-bond acceptors (Lipinski definition) is 8. The Morgan fingerprint density at radius 2 is 0.895 bits per heavy atom. The summed E-state index contributed by atoms with van der Waals surface area (Å²) in [6.07, 6.45) is 24.2. The van der Waals surface area contributed by atoms with Gasteiger partial charge in [0.2, 0.25) is 0 Å². The Morgan fingerprint density at radius 1 is 0.500 bits per heavy atom.